The van der Waals surface area contributed by atoms with E-state index < -0.39 is 0 Å². The molecule has 1 aliphatic rings. The van der Waals surface area contributed by atoms with Crippen molar-refractivity contribution in [3.63, 3.8) is 0 Å². The predicted molar refractivity (Wildman–Crippen MR) is 109 cm³/mol. The molecule has 0 spiro atoms. The fourth-order valence-electron chi connectivity index (χ4n) is 3.25. The van der Waals surface area contributed by atoms with E-state index in [0.717, 1.165) is 29.9 Å². The van der Waals surface area contributed by atoms with Crippen molar-refractivity contribution in [1.29, 1.82) is 0 Å². The summed E-state index contributed by atoms with van der Waals surface area (Å²) in [6.45, 7) is 9.41. The number of rotatable bonds is 2. The Balaban J connectivity index is 1.65. The van der Waals surface area contributed by atoms with Crippen LogP contribution < -0.4 is 10.6 Å². The monoisotopic (exact) mass is 365 g/mol. The third-order valence-corrected chi connectivity index (χ3v) is 4.93. The summed E-state index contributed by atoms with van der Waals surface area (Å²) in [6, 6.07) is 13.5. The first kappa shape index (κ1) is 19.0. The Kier molecular flexibility index (Phi) is 5.22. The fourth-order valence-corrected chi connectivity index (χ4v) is 3.25. The van der Waals surface area contributed by atoms with Gasteiger partial charge in [0.25, 0.3) is 0 Å². The molecule has 0 saturated carbocycles. The number of hydrogen-bond acceptors (Lipinski definition) is 2. The van der Waals surface area contributed by atoms with Crippen molar-refractivity contribution in [3.05, 3.63) is 59.2 Å². The van der Waals surface area contributed by atoms with Gasteiger partial charge >= 0.3 is 6.03 Å². The molecule has 5 heteroatoms. The van der Waals surface area contributed by atoms with Crippen molar-refractivity contribution < 1.29 is 9.59 Å². The molecule has 1 aliphatic heterocycles. The topological polar surface area (TPSA) is 61.4 Å². The number of hydrogen-bond donors (Lipinski definition) is 2. The van der Waals surface area contributed by atoms with E-state index in [9.17, 15) is 9.59 Å². The second kappa shape index (κ2) is 7.43. The molecule has 142 valence electrons. The minimum Gasteiger partial charge on any atom is -0.338 e. The normalized spacial score (nSPS) is 13.7. The van der Waals surface area contributed by atoms with Crippen LogP contribution in [0, 0.1) is 0 Å². The molecular weight excluding hydrogens is 338 g/mol. The number of carbonyl (C=O) groups is 2. The summed E-state index contributed by atoms with van der Waals surface area (Å²) in [5.74, 6) is 0.0791. The molecule has 1 heterocycles. The summed E-state index contributed by atoms with van der Waals surface area (Å²) in [6.07, 6.45) is 0.849. The Bertz CT molecular complexity index is 851. The quantitative estimate of drug-likeness (QED) is 0.821. The number of benzene rings is 2. The second-order valence-electron chi connectivity index (χ2n) is 8.08. The van der Waals surface area contributed by atoms with E-state index in [1.165, 1.54) is 11.1 Å². The van der Waals surface area contributed by atoms with Gasteiger partial charge in [0.1, 0.15) is 0 Å². The van der Waals surface area contributed by atoms with Crippen molar-refractivity contribution in [3.8, 4) is 0 Å². The summed E-state index contributed by atoms with van der Waals surface area (Å²) in [4.78, 5) is 25.7. The summed E-state index contributed by atoms with van der Waals surface area (Å²) in [5, 5.41) is 5.74. The zero-order chi connectivity index (χ0) is 19.6. The van der Waals surface area contributed by atoms with Gasteiger partial charge in [-0.05, 0) is 52.8 Å². The fraction of sp³-hybridized carbons (Fsp3) is 0.364. The van der Waals surface area contributed by atoms with Gasteiger partial charge in [0, 0.05) is 31.4 Å². The molecule has 0 radical (unpaired) electrons. The summed E-state index contributed by atoms with van der Waals surface area (Å²) < 4.78 is 0. The lowest BCUT2D eigenvalue weighted by Gasteiger charge is -2.28. The average Bonchev–Trinajstić information content (AvgIpc) is 2.60. The maximum atomic E-state index is 12.3. The summed E-state index contributed by atoms with van der Waals surface area (Å²) in [7, 11) is 0. The molecule has 2 aromatic carbocycles. The van der Waals surface area contributed by atoms with Gasteiger partial charge in [-0.15, -0.1) is 0 Å². The highest BCUT2D eigenvalue weighted by Gasteiger charge is 2.18. The molecule has 27 heavy (non-hydrogen) atoms. The number of carbonyl (C=O) groups excluding carboxylic acids is 2. The minimum absolute atomic E-state index is 0.0791. The number of urea groups is 1. The van der Waals surface area contributed by atoms with E-state index in [1.807, 2.05) is 47.4 Å². The highest BCUT2D eigenvalue weighted by Crippen LogP contribution is 2.24. The second-order valence-corrected chi connectivity index (χ2v) is 8.08. The van der Waals surface area contributed by atoms with Crippen LogP contribution in [0.5, 0.6) is 0 Å². The summed E-state index contributed by atoms with van der Waals surface area (Å²) >= 11 is 0. The molecule has 0 aromatic heterocycles. The molecule has 3 rings (SSSR count). The maximum absolute atomic E-state index is 12.3. The lowest BCUT2D eigenvalue weighted by atomic mass is 9.87. The van der Waals surface area contributed by atoms with Crippen LogP contribution in [0.1, 0.15) is 44.4 Å². The number of amides is 3. The zero-order valence-corrected chi connectivity index (χ0v) is 16.4. The number of fused-ring (bicyclic) bond motifs is 1. The highest BCUT2D eigenvalue weighted by atomic mass is 16.2. The van der Waals surface area contributed by atoms with Crippen LogP contribution in [0.25, 0.3) is 0 Å². The Morgan fingerprint density at radius 3 is 2.19 bits per heavy atom. The van der Waals surface area contributed by atoms with Gasteiger partial charge in [0.15, 0.2) is 0 Å². The van der Waals surface area contributed by atoms with Gasteiger partial charge in [-0.3, -0.25) is 4.79 Å². The SMILES string of the molecule is CC(=O)N1CCc2ccc(NC(=O)Nc3ccc(C(C)(C)C)cc3)cc2C1. The van der Waals surface area contributed by atoms with Crippen LogP contribution in [-0.4, -0.2) is 23.4 Å². The van der Waals surface area contributed by atoms with Crippen molar-refractivity contribution >= 4 is 23.3 Å². The van der Waals surface area contributed by atoms with E-state index in [-0.39, 0.29) is 17.4 Å². The van der Waals surface area contributed by atoms with Crippen molar-refractivity contribution in [1.82, 2.24) is 4.90 Å². The van der Waals surface area contributed by atoms with Crippen LogP contribution in [0.2, 0.25) is 0 Å². The maximum Gasteiger partial charge on any atom is 0.323 e. The molecule has 0 saturated heterocycles. The number of nitrogens with one attached hydrogen (secondary N) is 2. The molecule has 3 amide bonds. The number of nitrogens with zero attached hydrogens (tertiary/aromatic N) is 1. The molecule has 2 aromatic rings. The van der Waals surface area contributed by atoms with Crippen molar-refractivity contribution in [2.24, 2.45) is 0 Å². The largest absolute Gasteiger partial charge is 0.338 e. The first-order valence-corrected chi connectivity index (χ1v) is 9.28. The van der Waals surface area contributed by atoms with Crippen molar-refractivity contribution in [2.75, 3.05) is 17.2 Å². The van der Waals surface area contributed by atoms with E-state index in [4.69, 9.17) is 0 Å². The van der Waals surface area contributed by atoms with Crippen LogP contribution >= 0.6 is 0 Å². The van der Waals surface area contributed by atoms with E-state index in [1.54, 1.807) is 6.92 Å². The number of anilines is 2. The molecule has 0 aliphatic carbocycles. The molecule has 5 nitrogen and oxygen atoms in total. The Morgan fingerprint density at radius 2 is 1.56 bits per heavy atom. The smallest absolute Gasteiger partial charge is 0.323 e. The van der Waals surface area contributed by atoms with Crippen LogP contribution in [-0.2, 0) is 23.2 Å². The van der Waals surface area contributed by atoms with E-state index >= 15 is 0 Å². The van der Waals surface area contributed by atoms with Gasteiger partial charge in [-0.2, -0.15) is 0 Å². The molecule has 2 N–H and O–H groups in total. The van der Waals surface area contributed by atoms with Crippen LogP contribution in [0.15, 0.2) is 42.5 Å². The third kappa shape index (κ3) is 4.67. The first-order chi connectivity index (χ1) is 12.7. The van der Waals surface area contributed by atoms with Gasteiger partial charge in [-0.25, -0.2) is 4.79 Å². The first-order valence-electron chi connectivity index (χ1n) is 9.28. The zero-order valence-electron chi connectivity index (χ0n) is 16.4. The lowest BCUT2D eigenvalue weighted by Crippen LogP contribution is -2.34. The molecule has 0 unspecified atom stereocenters. The lowest BCUT2D eigenvalue weighted by molar-refractivity contribution is -0.129. The molecular formula is C22H27N3O2. The van der Waals surface area contributed by atoms with Crippen LogP contribution in [0.3, 0.4) is 0 Å². The molecule has 0 bridgehead atoms. The molecule has 0 atom stereocenters. The van der Waals surface area contributed by atoms with Crippen LogP contribution in [0.4, 0.5) is 16.2 Å². The van der Waals surface area contributed by atoms with Gasteiger partial charge in [-0.1, -0.05) is 39.0 Å². The predicted octanol–water partition coefficient (Wildman–Crippen LogP) is 4.53. The average molecular weight is 365 g/mol. The molecule has 0 fully saturated rings. The van der Waals surface area contributed by atoms with Gasteiger partial charge in [0.2, 0.25) is 5.91 Å². The van der Waals surface area contributed by atoms with E-state index in [2.05, 4.69) is 31.4 Å². The Morgan fingerprint density at radius 1 is 0.926 bits per heavy atom. The van der Waals surface area contributed by atoms with Gasteiger partial charge < -0.3 is 15.5 Å². The van der Waals surface area contributed by atoms with E-state index in [0.29, 0.717) is 6.54 Å². The van der Waals surface area contributed by atoms with Crippen molar-refractivity contribution in [2.45, 2.75) is 46.1 Å². The Hall–Kier alpha value is -2.82. The standard InChI is InChI=1S/C22H27N3O2/c1-15(26)25-12-11-16-5-8-20(13-17(16)14-25)24-21(27)23-19-9-6-18(7-10-19)22(2,3)4/h5-10,13H,11-12,14H2,1-4H3,(H2,23,24,27). The minimum atomic E-state index is -0.280. The Labute approximate surface area is 160 Å². The van der Waals surface area contributed by atoms with Gasteiger partial charge in [0.05, 0.1) is 0 Å². The third-order valence-electron chi connectivity index (χ3n) is 4.93. The summed E-state index contributed by atoms with van der Waals surface area (Å²) in [5.41, 5.74) is 5.10. The highest BCUT2D eigenvalue weighted by molar-refractivity contribution is 5.99.